The first kappa shape index (κ1) is 15.9. The van der Waals surface area contributed by atoms with Crippen LogP contribution in [0.1, 0.15) is 30.5 Å². The molecular formula is C14H18F2N4O3. The van der Waals surface area contributed by atoms with Crippen LogP contribution in [-0.2, 0) is 17.7 Å². The fourth-order valence-corrected chi connectivity index (χ4v) is 3.16. The predicted octanol–water partition coefficient (Wildman–Crippen LogP) is 0.998. The molecule has 2 aliphatic rings. The molecule has 2 N–H and O–H groups in total. The molecule has 0 saturated heterocycles. The second-order valence-electron chi connectivity index (χ2n) is 5.80. The highest BCUT2D eigenvalue weighted by molar-refractivity contribution is 5.75. The van der Waals surface area contributed by atoms with Gasteiger partial charge in [0.15, 0.2) is 0 Å². The first-order valence-corrected chi connectivity index (χ1v) is 7.59. The van der Waals surface area contributed by atoms with E-state index in [-0.39, 0.29) is 18.1 Å². The summed E-state index contributed by atoms with van der Waals surface area (Å²) in [7, 11) is 0. The molecule has 3 rings (SSSR count). The van der Waals surface area contributed by atoms with Crippen LogP contribution >= 0.6 is 0 Å². The molecule has 1 aromatic heterocycles. The Morgan fingerprint density at radius 3 is 3.09 bits per heavy atom. The van der Waals surface area contributed by atoms with Crippen molar-refractivity contribution in [2.75, 3.05) is 6.54 Å². The van der Waals surface area contributed by atoms with E-state index < -0.39 is 18.8 Å². The Morgan fingerprint density at radius 2 is 2.30 bits per heavy atom. The number of alkyl halides is 2. The molecule has 2 amide bonds. The van der Waals surface area contributed by atoms with Gasteiger partial charge < -0.3 is 15.0 Å². The smallest absolute Gasteiger partial charge is 0.333 e. The average Bonchev–Trinajstić information content (AvgIpc) is 2.92. The predicted molar refractivity (Wildman–Crippen MR) is 76.0 cm³/mol. The number of aromatic nitrogens is 2. The molecule has 0 unspecified atom stereocenters. The number of urea groups is 1. The van der Waals surface area contributed by atoms with Crippen molar-refractivity contribution < 1.29 is 18.3 Å². The van der Waals surface area contributed by atoms with Crippen LogP contribution < -0.4 is 10.9 Å². The van der Waals surface area contributed by atoms with Gasteiger partial charge in [0.05, 0.1) is 17.8 Å². The van der Waals surface area contributed by atoms with Gasteiger partial charge in [0.2, 0.25) is 0 Å². The SMILES string of the molecule is O=C(N[C@@H]1CCC[C@H]1OC(F)F)N1CCc2n[nH]c(=O)cc2C1. The molecular weight excluding hydrogens is 310 g/mol. The average molecular weight is 328 g/mol. The summed E-state index contributed by atoms with van der Waals surface area (Å²) in [6, 6.07) is 0.695. The summed E-state index contributed by atoms with van der Waals surface area (Å²) < 4.78 is 29.3. The molecule has 1 aliphatic heterocycles. The maximum atomic E-state index is 12.4. The topological polar surface area (TPSA) is 87.3 Å². The highest BCUT2D eigenvalue weighted by Gasteiger charge is 2.33. The van der Waals surface area contributed by atoms with Crippen molar-refractivity contribution in [1.29, 1.82) is 0 Å². The van der Waals surface area contributed by atoms with Crippen LogP contribution in [0.2, 0.25) is 0 Å². The fourth-order valence-electron chi connectivity index (χ4n) is 3.16. The zero-order chi connectivity index (χ0) is 16.4. The number of hydrogen-bond donors (Lipinski definition) is 2. The van der Waals surface area contributed by atoms with Crippen molar-refractivity contribution in [3.8, 4) is 0 Å². The van der Waals surface area contributed by atoms with Crippen molar-refractivity contribution in [1.82, 2.24) is 20.4 Å². The molecule has 0 aromatic carbocycles. The lowest BCUT2D eigenvalue weighted by Gasteiger charge is -2.30. The van der Waals surface area contributed by atoms with Crippen LogP contribution in [0.3, 0.4) is 0 Å². The summed E-state index contributed by atoms with van der Waals surface area (Å²) in [5.41, 5.74) is 1.17. The Labute approximate surface area is 131 Å². The van der Waals surface area contributed by atoms with E-state index in [0.717, 1.165) is 12.1 Å². The molecule has 1 saturated carbocycles. The van der Waals surface area contributed by atoms with E-state index in [2.05, 4.69) is 20.3 Å². The molecule has 0 bridgehead atoms. The van der Waals surface area contributed by atoms with Gasteiger partial charge in [-0.2, -0.15) is 13.9 Å². The van der Waals surface area contributed by atoms with Crippen molar-refractivity contribution in [3.05, 3.63) is 27.7 Å². The molecule has 1 aromatic rings. The largest absolute Gasteiger partial charge is 0.345 e. The summed E-state index contributed by atoms with van der Waals surface area (Å²) in [4.78, 5) is 25.2. The number of hydrogen-bond acceptors (Lipinski definition) is 4. The second kappa shape index (κ2) is 6.61. The number of halogens is 2. The van der Waals surface area contributed by atoms with E-state index >= 15 is 0 Å². The minimum absolute atomic E-state index is 0.283. The number of fused-ring (bicyclic) bond motifs is 1. The van der Waals surface area contributed by atoms with Gasteiger partial charge in [-0.15, -0.1) is 0 Å². The number of amides is 2. The van der Waals surface area contributed by atoms with Crippen molar-refractivity contribution in [2.45, 2.75) is 51.0 Å². The summed E-state index contributed by atoms with van der Waals surface area (Å²) in [5.74, 6) is 0. The van der Waals surface area contributed by atoms with Crippen LogP contribution in [0.15, 0.2) is 10.9 Å². The minimum Gasteiger partial charge on any atom is -0.333 e. The second-order valence-corrected chi connectivity index (χ2v) is 5.80. The van der Waals surface area contributed by atoms with Crippen molar-refractivity contribution in [2.24, 2.45) is 0 Å². The zero-order valence-electron chi connectivity index (χ0n) is 12.4. The summed E-state index contributed by atoms with van der Waals surface area (Å²) in [6.07, 6.45) is 1.76. The molecule has 126 valence electrons. The van der Waals surface area contributed by atoms with Gasteiger partial charge in [0.25, 0.3) is 5.56 Å². The Kier molecular flexibility index (Phi) is 4.56. The molecule has 7 nitrogen and oxygen atoms in total. The number of aromatic amines is 1. The van der Waals surface area contributed by atoms with E-state index in [0.29, 0.717) is 31.4 Å². The van der Waals surface area contributed by atoms with Gasteiger partial charge in [0, 0.05) is 31.1 Å². The van der Waals surface area contributed by atoms with Gasteiger partial charge in [-0.1, -0.05) is 0 Å². The van der Waals surface area contributed by atoms with E-state index in [9.17, 15) is 18.4 Å². The highest BCUT2D eigenvalue weighted by atomic mass is 19.3. The summed E-state index contributed by atoms with van der Waals surface area (Å²) in [6.45, 7) is -2.09. The van der Waals surface area contributed by atoms with Gasteiger partial charge in [-0.25, -0.2) is 9.89 Å². The van der Waals surface area contributed by atoms with Crippen LogP contribution in [0, 0.1) is 0 Å². The Bertz CT molecular complexity index is 637. The zero-order valence-corrected chi connectivity index (χ0v) is 12.4. The third-order valence-corrected chi connectivity index (χ3v) is 4.28. The van der Waals surface area contributed by atoms with E-state index in [1.54, 1.807) is 4.90 Å². The van der Waals surface area contributed by atoms with Crippen LogP contribution in [0.5, 0.6) is 0 Å². The number of H-pyrrole nitrogens is 1. The molecule has 0 spiro atoms. The molecule has 0 radical (unpaired) electrons. The van der Waals surface area contributed by atoms with Crippen LogP contribution in [0.25, 0.3) is 0 Å². The lowest BCUT2D eigenvalue weighted by atomic mass is 10.1. The van der Waals surface area contributed by atoms with Gasteiger partial charge >= 0.3 is 12.6 Å². The highest BCUT2D eigenvalue weighted by Crippen LogP contribution is 2.24. The van der Waals surface area contributed by atoms with E-state index in [4.69, 9.17) is 0 Å². The van der Waals surface area contributed by atoms with Gasteiger partial charge in [-0.05, 0) is 19.3 Å². The lowest BCUT2D eigenvalue weighted by molar-refractivity contribution is -0.165. The van der Waals surface area contributed by atoms with Crippen LogP contribution in [0.4, 0.5) is 13.6 Å². The first-order valence-electron chi connectivity index (χ1n) is 7.59. The summed E-state index contributed by atoms with van der Waals surface area (Å²) >= 11 is 0. The molecule has 1 fully saturated rings. The standard InChI is InChI=1S/C14H18F2N4O3/c15-13(16)23-11-3-1-2-10(11)17-14(22)20-5-4-9-8(7-20)6-12(21)19-18-9/h6,10-11,13H,1-5,7H2,(H,17,22)(H,19,21)/t10-,11-/m1/s1. The number of ether oxygens (including phenoxy) is 1. The number of carbonyl (C=O) groups is 1. The fraction of sp³-hybridized carbons (Fsp3) is 0.643. The van der Waals surface area contributed by atoms with E-state index in [1.807, 2.05) is 0 Å². The molecule has 1 aliphatic carbocycles. The van der Waals surface area contributed by atoms with Crippen LogP contribution in [-0.4, -0.2) is 46.4 Å². The van der Waals surface area contributed by atoms with Crippen molar-refractivity contribution in [3.63, 3.8) is 0 Å². The van der Waals surface area contributed by atoms with E-state index in [1.165, 1.54) is 6.07 Å². The third-order valence-electron chi connectivity index (χ3n) is 4.28. The normalized spacial score (nSPS) is 23.9. The third kappa shape index (κ3) is 3.66. The molecule has 2 atom stereocenters. The van der Waals surface area contributed by atoms with Crippen molar-refractivity contribution >= 4 is 6.03 Å². The molecule has 2 heterocycles. The molecule has 23 heavy (non-hydrogen) atoms. The lowest BCUT2D eigenvalue weighted by Crippen LogP contribution is -2.49. The monoisotopic (exact) mass is 328 g/mol. The maximum absolute atomic E-state index is 12.4. The Morgan fingerprint density at radius 1 is 1.48 bits per heavy atom. The summed E-state index contributed by atoms with van der Waals surface area (Å²) in [5, 5.41) is 9.11. The molecule has 9 heteroatoms. The number of rotatable bonds is 3. The Hall–Kier alpha value is -2.03. The number of carbonyl (C=O) groups excluding carboxylic acids is 1. The van der Waals surface area contributed by atoms with Gasteiger partial charge in [-0.3, -0.25) is 4.79 Å². The number of nitrogens with one attached hydrogen (secondary N) is 2. The quantitative estimate of drug-likeness (QED) is 0.866. The minimum atomic E-state index is -2.84. The van der Waals surface area contributed by atoms with Gasteiger partial charge in [0.1, 0.15) is 0 Å². The maximum Gasteiger partial charge on any atom is 0.345 e. The Balaban J connectivity index is 1.62. The number of nitrogens with zero attached hydrogens (tertiary/aromatic N) is 2. The first-order chi connectivity index (χ1) is 11.0.